The lowest BCUT2D eigenvalue weighted by Crippen LogP contribution is -2.33. The Kier molecular flexibility index (Phi) is 5.48. The van der Waals surface area contributed by atoms with E-state index in [0.29, 0.717) is 22.3 Å². The van der Waals surface area contributed by atoms with Crippen LogP contribution in [0.15, 0.2) is 24.5 Å². The summed E-state index contributed by atoms with van der Waals surface area (Å²) in [4.78, 5) is 11.0. The van der Waals surface area contributed by atoms with Gasteiger partial charge in [-0.3, -0.25) is 0 Å². The summed E-state index contributed by atoms with van der Waals surface area (Å²) < 4.78 is 10.7. The molecule has 1 saturated heterocycles. The van der Waals surface area contributed by atoms with Crippen LogP contribution in [0, 0.1) is 5.92 Å². The van der Waals surface area contributed by atoms with E-state index in [1.54, 1.807) is 32.7 Å². The number of rotatable bonds is 5. The molecule has 1 aromatic heterocycles. The highest BCUT2D eigenvalue weighted by Gasteiger charge is 2.18. The summed E-state index contributed by atoms with van der Waals surface area (Å²) in [7, 11) is 3.18. The van der Waals surface area contributed by atoms with E-state index >= 15 is 0 Å². The molecule has 2 aromatic rings. The molecule has 1 aliphatic rings. The molecule has 0 atom stereocenters. The van der Waals surface area contributed by atoms with E-state index in [1.807, 2.05) is 6.07 Å². The predicted octanol–water partition coefficient (Wildman–Crippen LogP) is 4.13. The zero-order valence-electron chi connectivity index (χ0n) is 14.8. The van der Waals surface area contributed by atoms with Gasteiger partial charge in [-0.25, -0.2) is 9.97 Å². The second-order valence-corrected chi connectivity index (χ2v) is 6.65. The summed E-state index contributed by atoms with van der Waals surface area (Å²) in [6.07, 6.45) is 3.96. The summed E-state index contributed by atoms with van der Waals surface area (Å²) in [6.45, 7) is 4.34. The third kappa shape index (κ3) is 4.07. The fourth-order valence-electron chi connectivity index (χ4n) is 2.92. The fraction of sp³-hybridized carbons (Fsp3) is 0.444. The minimum Gasteiger partial charge on any atom is -0.495 e. The molecule has 1 aromatic carbocycles. The Balaban J connectivity index is 1.83. The quantitative estimate of drug-likeness (QED) is 0.863. The lowest BCUT2D eigenvalue weighted by molar-refractivity contribution is 0.405. The molecule has 0 aliphatic carbocycles. The molecule has 0 unspecified atom stereocenters. The third-order valence-electron chi connectivity index (χ3n) is 4.50. The molecule has 134 valence electrons. The maximum absolute atomic E-state index is 6.16. The highest BCUT2D eigenvalue weighted by Crippen LogP contribution is 2.37. The van der Waals surface area contributed by atoms with Crippen LogP contribution in [0.4, 0.5) is 17.3 Å². The van der Waals surface area contributed by atoms with E-state index in [9.17, 15) is 0 Å². The van der Waals surface area contributed by atoms with Crippen molar-refractivity contribution in [1.82, 2.24) is 9.97 Å². The van der Waals surface area contributed by atoms with Crippen molar-refractivity contribution >= 4 is 28.9 Å². The monoisotopic (exact) mass is 362 g/mol. The van der Waals surface area contributed by atoms with Gasteiger partial charge in [-0.15, -0.1) is 0 Å². The minimum absolute atomic E-state index is 0.496. The number of anilines is 3. The van der Waals surface area contributed by atoms with Crippen molar-refractivity contribution in [2.24, 2.45) is 5.92 Å². The number of aromatic nitrogens is 2. The number of nitrogens with zero attached hydrogens (tertiary/aromatic N) is 3. The molecule has 25 heavy (non-hydrogen) atoms. The van der Waals surface area contributed by atoms with E-state index in [1.165, 1.54) is 12.8 Å². The average Bonchev–Trinajstić information content (AvgIpc) is 2.63. The first-order valence-corrected chi connectivity index (χ1v) is 8.74. The van der Waals surface area contributed by atoms with Gasteiger partial charge in [-0.05, 0) is 18.8 Å². The standard InChI is InChI=1S/C18H23ClN4O2/c1-12-4-6-23(7-5-12)18-10-17(20-11-21-18)22-14-9-15(24-2)13(19)8-16(14)25-3/h8-12H,4-7H2,1-3H3,(H,20,21,22). The van der Waals surface area contributed by atoms with E-state index in [0.717, 1.165) is 30.5 Å². The van der Waals surface area contributed by atoms with Crippen LogP contribution in [-0.2, 0) is 0 Å². The van der Waals surface area contributed by atoms with Gasteiger partial charge >= 0.3 is 0 Å². The lowest BCUT2D eigenvalue weighted by Gasteiger charge is -2.31. The molecule has 0 amide bonds. The fourth-order valence-corrected chi connectivity index (χ4v) is 3.15. The molecule has 2 heterocycles. The van der Waals surface area contributed by atoms with Gasteiger partial charge < -0.3 is 19.7 Å². The van der Waals surface area contributed by atoms with Crippen LogP contribution in [0.3, 0.4) is 0 Å². The number of halogens is 1. The number of hydrogen-bond acceptors (Lipinski definition) is 6. The van der Waals surface area contributed by atoms with Crippen LogP contribution < -0.4 is 19.7 Å². The SMILES string of the molecule is COc1cc(Nc2cc(N3CCC(C)CC3)ncn2)c(OC)cc1Cl. The molecular weight excluding hydrogens is 340 g/mol. The van der Waals surface area contributed by atoms with Crippen LogP contribution in [-0.4, -0.2) is 37.3 Å². The van der Waals surface area contributed by atoms with Crippen molar-refractivity contribution in [2.45, 2.75) is 19.8 Å². The number of ether oxygens (including phenoxy) is 2. The van der Waals surface area contributed by atoms with Crippen molar-refractivity contribution in [3.63, 3.8) is 0 Å². The first-order valence-electron chi connectivity index (χ1n) is 8.36. The smallest absolute Gasteiger partial charge is 0.144 e. The second-order valence-electron chi connectivity index (χ2n) is 6.24. The summed E-state index contributed by atoms with van der Waals surface area (Å²) in [5.41, 5.74) is 0.737. The zero-order chi connectivity index (χ0) is 17.8. The van der Waals surface area contributed by atoms with Gasteiger partial charge in [-0.1, -0.05) is 18.5 Å². The van der Waals surface area contributed by atoms with Gasteiger partial charge in [0.25, 0.3) is 0 Å². The van der Waals surface area contributed by atoms with Crippen molar-refractivity contribution in [1.29, 1.82) is 0 Å². The second kappa shape index (κ2) is 7.78. The van der Waals surface area contributed by atoms with Gasteiger partial charge in [0, 0.05) is 31.3 Å². The molecule has 0 radical (unpaired) electrons. The van der Waals surface area contributed by atoms with Crippen LogP contribution in [0.2, 0.25) is 5.02 Å². The van der Waals surface area contributed by atoms with E-state index < -0.39 is 0 Å². The third-order valence-corrected chi connectivity index (χ3v) is 4.79. The summed E-state index contributed by atoms with van der Waals surface area (Å²) in [6, 6.07) is 5.47. The molecule has 1 N–H and O–H groups in total. The van der Waals surface area contributed by atoms with Crippen LogP contribution in [0.25, 0.3) is 0 Å². The van der Waals surface area contributed by atoms with Gasteiger partial charge in [0.15, 0.2) is 0 Å². The number of hydrogen-bond donors (Lipinski definition) is 1. The Morgan fingerprint density at radius 2 is 1.80 bits per heavy atom. The average molecular weight is 363 g/mol. The Hall–Kier alpha value is -2.21. The van der Waals surface area contributed by atoms with Gasteiger partial charge in [0.1, 0.15) is 29.5 Å². The summed E-state index contributed by atoms with van der Waals surface area (Å²) in [5.74, 6) is 3.61. The van der Waals surface area contributed by atoms with E-state index in [2.05, 4.69) is 27.1 Å². The topological polar surface area (TPSA) is 59.5 Å². The normalized spacial score (nSPS) is 15.1. The maximum atomic E-state index is 6.16. The molecule has 3 rings (SSSR count). The molecule has 6 nitrogen and oxygen atoms in total. The van der Waals surface area contributed by atoms with Crippen molar-refractivity contribution in [2.75, 3.05) is 37.5 Å². The molecule has 0 saturated carbocycles. The molecule has 1 fully saturated rings. The number of nitrogens with one attached hydrogen (secondary N) is 1. The summed E-state index contributed by atoms with van der Waals surface area (Å²) >= 11 is 6.16. The number of methoxy groups -OCH3 is 2. The van der Waals surface area contributed by atoms with Gasteiger partial charge in [0.2, 0.25) is 0 Å². The highest BCUT2D eigenvalue weighted by atomic mass is 35.5. The molecule has 1 aliphatic heterocycles. The Morgan fingerprint density at radius 1 is 1.08 bits per heavy atom. The van der Waals surface area contributed by atoms with E-state index in [4.69, 9.17) is 21.1 Å². The van der Waals surface area contributed by atoms with Crippen molar-refractivity contribution in [3.8, 4) is 11.5 Å². The number of piperidine rings is 1. The Labute approximate surface area is 153 Å². The molecule has 7 heteroatoms. The largest absolute Gasteiger partial charge is 0.495 e. The molecule has 0 spiro atoms. The predicted molar refractivity (Wildman–Crippen MR) is 100 cm³/mol. The Bertz CT molecular complexity index is 733. The molecular formula is C18H23ClN4O2. The maximum Gasteiger partial charge on any atom is 0.144 e. The first kappa shape index (κ1) is 17.6. The summed E-state index contributed by atoms with van der Waals surface area (Å²) in [5, 5.41) is 3.77. The number of benzene rings is 1. The Morgan fingerprint density at radius 3 is 2.48 bits per heavy atom. The van der Waals surface area contributed by atoms with Crippen LogP contribution >= 0.6 is 11.6 Å². The first-order chi connectivity index (χ1) is 12.1. The van der Waals surface area contributed by atoms with Gasteiger partial charge in [-0.2, -0.15) is 0 Å². The van der Waals surface area contributed by atoms with Crippen molar-refractivity contribution in [3.05, 3.63) is 29.5 Å². The zero-order valence-corrected chi connectivity index (χ0v) is 15.5. The van der Waals surface area contributed by atoms with Crippen molar-refractivity contribution < 1.29 is 9.47 Å². The van der Waals surface area contributed by atoms with Gasteiger partial charge in [0.05, 0.1) is 24.9 Å². The van der Waals surface area contributed by atoms with Crippen LogP contribution in [0.5, 0.6) is 11.5 Å². The molecule has 0 bridgehead atoms. The highest BCUT2D eigenvalue weighted by molar-refractivity contribution is 6.32. The van der Waals surface area contributed by atoms with Crippen LogP contribution in [0.1, 0.15) is 19.8 Å². The lowest BCUT2D eigenvalue weighted by atomic mass is 9.99. The minimum atomic E-state index is 0.496. The van der Waals surface area contributed by atoms with E-state index in [-0.39, 0.29) is 0 Å².